The molecule has 2 aromatic carbocycles. The SMILES string of the molecule is Cc1nc2cc(Oc3cc(C)c(Cl)c(C)c3)c(N)cc2s1. The van der Waals surface area contributed by atoms with Gasteiger partial charge in [-0.1, -0.05) is 11.6 Å². The van der Waals surface area contributed by atoms with Gasteiger partial charge in [0.05, 0.1) is 20.9 Å². The van der Waals surface area contributed by atoms with E-state index < -0.39 is 0 Å². The molecule has 1 heterocycles. The molecule has 3 rings (SSSR count). The number of rotatable bonds is 2. The number of aromatic nitrogens is 1. The van der Waals surface area contributed by atoms with E-state index in [2.05, 4.69) is 4.98 Å². The normalized spacial score (nSPS) is 11.0. The summed E-state index contributed by atoms with van der Waals surface area (Å²) in [5.74, 6) is 1.35. The van der Waals surface area contributed by atoms with Crippen molar-refractivity contribution in [2.75, 3.05) is 5.73 Å². The minimum absolute atomic E-state index is 0.608. The van der Waals surface area contributed by atoms with Crippen molar-refractivity contribution in [1.29, 1.82) is 0 Å². The van der Waals surface area contributed by atoms with E-state index >= 15 is 0 Å². The van der Waals surface area contributed by atoms with E-state index in [0.717, 1.165) is 37.1 Å². The van der Waals surface area contributed by atoms with Crippen molar-refractivity contribution in [3.8, 4) is 11.5 Å². The number of hydrogen-bond donors (Lipinski definition) is 1. The Hall–Kier alpha value is -1.78. The molecule has 0 saturated heterocycles. The first kappa shape index (κ1) is 14.2. The van der Waals surface area contributed by atoms with Gasteiger partial charge < -0.3 is 10.5 Å². The first-order valence-electron chi connectivity index (χ1n) is 6.55. The van der Waals surface area contributed by atoms with Crippen LogP contribution in [0.5, 0.6) is 11.5 Å². The van der Waals surface area contributed by atoms with Gasteiger partial charge in [0.25, 0.3) is 0 Å². The van der Waals surface area contributed by atoms with Crippen LogP contribution in [0, 0.1) is 20.8 Å². The van der Waals surface area contributed by atoms with Crippen molar-refractivity contribution in [3.05, 3.63) is 45.4 Å². The molecule has 1 aromatic heterocycles. The van der Waals surface area contributed by atoms with Crippen LogP contribution in [-0.4, -0.2) is 4.98 Å². The molecule has 0 aliphatic rings. The number of nitrogens with zero attached hydrogens (tertiary/aromatic N) is 1. The van der Waals surface area contributed by atoms with Crippen LogP contribution in [0.4, 0.5) is 5.69 Å². The third-order valence-electron chi connectivity index (χ3n) is 3.26. The van der Waals surface area contributed by atoms with E-state index in [1.54, 1.807) is 11.3 Å². The maximum Gasteiger partial charge on any atom is 0.152 e. The average molecular weight is 319 g/mol. The van der Waals surface area contributed by atoms with Gasteiger partial charge in [-0.15, -0.1) is 11.3 Å². The fraction of sp³-hybridized carbons (Fsp3) is 0.188. The van der Waals surface area contributed by atoms with Crippen LogP contribution in [-0.2, 0) is 0 Å². The Morgan fingerprint density at radius 1 is 1.10 bits per heavy atom. The first-order chi connectivity index (χ1) is 9.94. The number of nitrogen functional groups attached to an aromatic ring is 1. The number of halogens is 1. The third kappa shape index (κ3) is 2.69. The zero-order valence-corrected chi connectivity index (χ0v) is 13.6. The lowest BCUT2D eigenvalue weighted by Gasteiger charge is -2.11. The van der Waals surface area contributed by atoms with Gasteiger partial charge in [-0.05, 0) is 50.1 Å². The highest BCUT2D eigenvalue weighted by Gasteiger charge is 2.10. The quantitative estimate of drug-likeness (QED) is 0.656. The van der Waals surface area contributed by atoms with E-state index in [0.29, 0.717) is 11.4 Å². The van der Waals surface area contributed by atoms with Crippen LogP contribution < -0.4 is 10.5 Å². The molecule has 0 aliphatic heterocycles. The number of thiazole rings is 1. The average Bonchev–Trinajstić information content (AvgIpc) is 2.75. The van der Waals surface area contributed by atoms with Crippen molar-refractivity contribution in [2.45, 2.75) is 20.8 Å². The molecule has 0 saturated carbocycles. The van der Waals surface area contributed by atoms with Crippen molar-refractivity contribution < 1.29 is 4.74 Å². The fourth-order valence-corrected chi connectivity index (χ4v) is 3.23. The number of benzene rings is 2. The van der Waals surface area contributed by atoms with Crippen molar-refractivity contribution in [1.82, 2.24) is 4.98 Å². The van der Waals surface area contributed by atoms with Gasteiger partial charge in [0.1, 0.15) is 5.75 Å². The molecule has 0 unspecified atom stereocenters. The predicted octanol–water partition coefficient (Wildman–Crippen LogP) is 5.25. The molecule has 0 bridgehead atoms. The number of ether oxygens (including phenoxy) is 1. The highest BCUT2D eigenvalue weighted by molar-refractivity contribution is 7.18. The Morgan fingerprint density at radius 2 is 1.76 bits per heavy atom. The highest BCUT2D eigenvalue weighted by atomic mass is 35.5. The molecule has 0 amide bonds. The Bertz CT molecular complexity index is 819. The summed E-state index contributed by atoms with van der Waals surface area (Å²) in [4.78, 5) is 4.47. The van der Waals surface area contributed by atoms with Gasteiger partial charge in [0.15, 0.2) is 5.75 Å². The zero-order valence-electron chi connectivity index (χ0n) is 12.0. The zero-order chi connectivity index (χ0) is 15.1. The maximum atomic E-state index is 6.18. The van der Waals surface area contributed by atoms with E-state index in [1.807, 2.05) is 45.0 Å². The van der Waals surface area contributed by atoms with Crippen LogP contribution in [0.3, 0.4) is 0 Å². The molecule has 0 aliphatic carbocycles. The summed E-state index contributed by atoms with van der Waals surface area (Å²) in [7, 11) is 0. The smallest absolute Gasteiger partial charge is 0.152 e. The van der Waals surface area contributed by atoms with Crippen LogP contribution in [0.15, 0.2) is 24.3 Å². The van der Waals surface area contributed by atoms with Crippen LogP contribution in [0.1, 0.15) is 16.1 Å². The molecular weight excluding hydrogens is 304 g/mol. The largest absolute Gasteiger partial charge is 0.455 e. The van der Waals surface area contributed by atoms with Crippen molar-refractivity contribution in [2.24, 2.45) is 0 Å². The molecule has 2 N–H and O–H groups in total. The lowest BCUT2D eigenvalue weighted by molar-refractivity contribution is 0.485. The van der Waals surface area contributed by atoms with Crippen LogP contribution in [0.2, 0.25) is 5.02 Å². The maximum absolute atomic E-state index is 6.18. The molecule has 0 fully saturated rings. The molecule has 3 aromatic rings. The molecule has 5 heteroatoms. The minimum atomic E-state index is 0.608. The van der Waals surface area contributed by atoms with Crippen molar-refractivity contribution in [3.63, 3.8) is 0 Å². The summed E-state index contributed by atoms with van der Waals surface area (Å²) in [6.45, 7) is 5.89. The molecule has 0 atom stereocenters. The van der Waals surface area contributed by atoms with Crippen LogP contribution >= 0.6 is 22.9 Å². The van der Waals surface area contributed by atoms with Gasteiger partial charge in [-0.25, -0.2) is 4.98 Å². The molecule has 3 nitrogen and oxygen atoms in total. The second-order valence-electron chi connectivity index (χ2n) is 5.06. The van der Waals surface area contributed by atoms with Crippen molar-refractivity contribution >= 4 is 38.8 Å². The minimum Gasteiger partial charge on any atom is -0.455 e. The Morgan fingerprint density at radius 3 is 2.43 bits per heavy atom. The monoisotopic (exact) mass is 318 g/mol. The summed E-state index contributed by atoms with van der Waals surface area (Å²) >= 11 is 7.80. The number of aryl methyl sites for hydroxylation is 3. The van der Waals surface area contributed by atoms with Gasteiger partial charge in [-0.2, -0.15) is 0 Å². The number of anilines is 1. The Kier molecular flexibility index (Phi) is 3.51. The Labute approximate surface area is 132 Å². The fourth-order valence-electron chi connectivity index (χ4n) is 2.27. The number of nitrogens with two attached hydrogens (primary N) is 1. The van der Waals surface area contributed by atoms with E-state index in [4.69, 9.17) is 22.1 Å². The topological polar surface area (TPSA) is 48.1 Å². The number of hydrogen-bond acceptors (Lipinski definition) is 4. The Balaban J connectivity index is 2.03. The second-order valence-corrected chi connectivity index (χ2v) is 6.68. The summed E-state index contributed by atoms with van der Waals surface area (Å²) in [6, 6.07) is 7.61. The molecule has 0 spiro atoms. The van der Waals surface area contributed by atoms with Gasteiger partial charge in [0, 0.05) is 11.1 Å². The van der Waals surface area contributed by atoms with E-state index in [9.17, 15) is 0 Å². The van der Waals surface area contributed by atoms with Gasteiger partial charge >= 0.3 is 0 Å². The lowest BCUT2D eigenvalue weighted by Crippen LogP contribution is -1.93. The summed E-state index contributed by atoms with van der Waals surface area (Å²) < 4.78 is 6.99. The first-order valence-corrected chi connectivity index (χ1v) is 7.75. The molecule has 0 radical (unpaired) electrons. The summed E-state index contributed by atoms with van der Waals surface area (Å²) in [6.07, 6.45) is 0. The second kappa shape index (κ2) is 5.20. The predicted molar refractivity (Wildman–Crippen MR) is 89.8 cm³/mol. The summed E-state index contributed by atoms with van der Waals surface area (Å²) in [5.41, 5.74) is 9.56. The van der Waals surface area contributed by atoms with Gasteiger partial charge in [0.2, 0.25) is 0 Å². The van der Waals surface area contributed by atoms with Gasteiger partial charge in [-0.3, -0.25) is 0 Å². The molecule has 21 heavy (non-hydrogen) atoms. The number of fused-ring (bicyclic) bond motifs is 1. The molecular formula is C16H15ClN2OS. The van der Waals surface area contributed by atoms with E-state index in [1.165, 1.54) is 0 Å². The third-order valence-corrected chi connectivity index (χ3v) is 4.79. The standard InChI is InChI=1S/C16H15ClN2OS/c1-8-4-11(5-9(2)16(8)17)20-14-7-13-15(6-12(14)18)21-10(3)19-13/h4-7H,18H2,1-3H3. The lowest BCUT2D eigenvalue weighted by atomic mass is 10.1. The highest BCUT2D eigenvalue weighted by Crippen LogP contribution is 2.35. The summed E-state index contributed by atoms with van der Waals surface area (Å²) in [5, 5.41) is 1.78. The van der Waals surface area contributed by atoms with E-state index in [-0.39, 0.29) is 0 Å². The van der Waals surface area contributed by atoms with Crippen LogP contribution in [0.25, 0.3) is 10.2 Å². The molecule has 108 valence electrons.